The zero-order chi connectivity index (χ0) is 8.43. The van der Waals surface area contributed by atoms with Gasteiger partial charge in [0.05, 0.1) is 12.1 Å². The monoisotopic (exact) mass is 170 g/mol. The molecular weight excluding hydrogens is 160 g/mol. The number of rotatable bonds is 1. The summed E-state index contributed by atoms with van der Waals surface area (Å²) in [6.07, 6.45) is 0. The van der Waals surface area contributed by atoms with E-state index in [9.17, 15) is 0 Å². The van der Waals surface area contributed by atoms with Crippen molar-refractivity contribution in [3.63, 3.8) is 0 Å². The molecule has 0 atom stereocenters. The largest absolute Gasteiger partial charge is 0.495 e. The van der Waals surface area contributed by atoms with E-state index in [0.717, 1.165) is 11.3 Å². The van der Waals surface area contributed by atoms with Gasteiger partial charge in [0.2, 0.25) is 0 Å². The number of aryl methyl sites for hydroxylation is 1. The molecular formula is C9H11ClO. The molecule has 0 aliphatic carbocycles. The molecule has 1 nitrogen and oxygen atoms in total. The molecule has 0 aromatic heterocycles. The van der Waals surface area contributed by atoms with Crippen LogP contribution in [0.2, 0.25) is 5.02 Å². The van der Waals surface area contributed by atoms with Gasteiger partial charge in [0.15, 0.2) is 0 Å². The first-order chi connectivity index (χ1) is 5.16. The molecule has 0 spiro atoms. The second kappa shape index (κ2) is 3.14. The fourth-order valence-corrected chi connectivity index (χ4v) is 1.20. The van der Waals surface area contributed by atoms with Crippen molar-refractivity contribution in [1.82, 2.24) is 0 Å². The summed E-state index contributed by atoms with van der Waals surface area (Å²) in [5.41, 5.74) is 2.28. The molecule has 0 saturated heterocycles. The third-order valence-electron chi connectivity index (χ3n) is 1.84. The van der Waals surface area contributed by atoms with E-state index in [1.807, 2.05) is 26.0 Å². The molecule has 0 radical (unpaired) electrons. The highest BCUT2D eigenvalue weighted by molar-refractivity contribution is 6.32. The first-order valence-electron chi connectivity index (χ1n) is 3.46. The smallest absolute Gasteiger partial charge is 0.137 e. The summed E-state index contributed by atoms with van der Waals surface area (Å²) in [6, 6.07) is 3.88. The van der Waals surface area contributed by atoms with E-state index >= 15 is 0 Å². The van der Waals surface area contributed by atoms with E-state index in [-0.39, 0.29) is 0 Å². The Morgan fingerprint density at radius 2 is 1.91 bits per heavy atom. The fraction of sp³-hybridized carbons (Fsp3) is 0.333. The molecule has 0 saturated carbocycles. The lowest BCUT2D eigenvalue weighted by Crippen LogP contribution is -1.88. The van der Waals surface area contributed by atoms with Crippen molar-refractivity contribution in [2.45, 2.75) is 13.8 Å². The lowest BCUT2D eigenvalue weighted by Gasteiger charge is -2.07. The van der Waals surface area contributed by atoms with Gasteiger partial charge in [0.1, 0.15) is 5.75 Å². The maximum Gasteiger partial charge on any atom is 0.137 e. The van der Waals surface area contributed by atoms with Gasteiger partial charge in [0.25, 0.3) is 0 Å². The maximum atomic E-state index is 5.97. The minimum absolute atomic E-state index is 0.715. The molecule has 11 heavy (non-hydrogen) atoms. The van der Waals surface area contributed by atoms with E-state index in [2.05, 4.69) is 0 Å². The van der Waals surface area contributed by atoms with Crippen LogP contribution in [0.4, 0.5) is 0 Å². The Bertz CT molecular complexity index is 269. The molecule has 1 rings (SSSR count). The third-order valence-corrected chi connectivity index (χ3v) is 2.31. The van der Waals surface area contributed by atoms with Crippen molar-refractivity contribution in [3.8, 4) is 5.75 Å². The molecule has 0 unspecified atom stereocenters. The van der Waals surface area contributed by atoms with Gasteiger partial charge in [-0.25, -0.2) is 0 Å². The van der Waals surface area contributed by atoms with Crippen molar-refractivity contribution in [2.24, 2.45) is 0 Å². The summed E-state index contributed by atoms with van der Waals surface area (Å²) in [5.74, 6) is 0.745. The van der Waals surface area contributed by atoms with Crippen molar-refractivity contribution in [3.05, 3.63) is 28.3 Å². The average Bonchev–Trinajstić information content (AvgIpc) is 2.01. The molecule has 0 heterocycles. The summed E-state index contributed by atoms with van der Waals surface area (Å²) < 4.78 is 5.05. The summed E-state index contributed by atoms with van der Waals surface area (Å²) >= 11 is 5.97. The standard InChI is InChI=1S/C9H11ClO/c1-6-4-5-8(11-3)9(10)7(6)2/h4-5H,1-3H3. The van der Waals surface area contributed by atoms with Gasteiger partial charge in [-0.2, -0.15) is 0 Å². The van der Waals surface area contributed by atoms with Crippen LogP contribution in [0.3, 0.4) is 0 Å². The number of benzene rings is 1. The Morgan fingerprint density at radius 1 is 1.27 bits per heavy atom. The van der Waals surface area contributed by atoms with Crippen molar-refractivity contribution in [2.75, 3.05) is 7.11 Å². The number of hydrogen-bond acceptors (Lipinski definition) is 1. The molecule has 0 amide bonds. The number of ether oxygens (including phenoxy) is 1. The number of methoxy groups -OCH3 is 1. The van der Waals surface area contributed by atoms with Crippen molar-refractivity contribution in [1.29, 1.82) is 0 Å². The lowest BCUT2D eigenvalue weighted by molar-refractivity contribution is 0.414. The minimum atomic E-state index is 0.715. The Morgan fingerprint density at radius 3 is 2.45 bits per heavy atom. The van der Waals surface area contributed by atoms with Crippen LogP contribution in [-0.4, -0.2) is 7.11 Å². The van der Waals surface area contributed by atoms with Gasteiger partial charge in [-0.05, 0) is 31.0 Å². The van der Waals surface area contributed by atoms with Crippen molar-refractivity contribution < 1.29 is 4.74 Å². The van der Waals surface area contributed by atoms with Crippen LogP contribution in [0.15, 0.2) is 12.1 Å². The zero-order valence-corrected chi connectivity index (χ0v) is 7.70. The van der Waals surface area contributed by atoms with E-state index in [4.69, 9.17) is 16.3 Å². The van der Waals surface area contributed by atoms with Crippen molar-refractivity contribution >= 4 is 11.6 Å². The van der Waals surface area contributed by atoms with Crippen LogP contribution in [0.5, 0.6) is 5.75 Å². The fourth-order valence-electron chi connectivity index (χ4n) is 0.914. The van der Waals surface area contributed by atoms with E-state index in [1.165, 1.54) is 5.56 Å². The summed E-state index contributed by atoms with van der Waals surface area (Å²) in [7, 11) is 1.62. The molecule has 0 aliphatic heterocycles. The second-order valence-corrected chi connectivity index (χ2v) is 2.90. The number of halogens is 1. The maximum absolute atomic E-state index is 5.97. The summed E-state index contributed by atoms with van der Waals surface area (Å²) in [6.45, 7) is 4.01. The highest BCUT2D eigenvalue weighted by atomic mass is 35.5. The quantitative estimate of drug-likeness (QED) is 0.630. The molecule has 0 bridgehead atoms. The van der Waals surface area contributed by atoms with E-state index in [1.54, 1.807) is 7.11 Å². The first-order valence-corrected chi connectivity index (χ1v) is 3.84. The summed E-state index contributed by atoms with van der Waals surface area (Å²) in [5, 5.41) is 0.715. The Balaban J connectivity index is 3.25. The Hall–Kier alpha value is -0.690. The van der Waals surface area contributed by atoms with Crippen LogP contribution in [-0.2, 0) is 0 Å². The first kappa shape index (κ1) is 8.41. The van der Waals surface area contributed by atoms with Gasteiger partial charge >= 0.3 is 0 Å². The molecule has 60 valence electrons. The second-order valence-electron chi connectivity index (χ2n) is 2.52. The molecule has 0 N–H and O–H groups in total. The van der Waals surface area contributed by atoms with Gasteiger partial charge in [-0.3, -0.25) is 0 Å². The molecule has 2 heteroatoms. The normalized spacial score (nSPS) is 9.82. The predicted octanol–water partition coefficient (Wildman–Crippen LogP) is 2.97. The SMILES string of the molecule is COc1ccc(C)c(C)c1Cl. The molecule has 0 fully saturated rings. The van der Waals surface area contributed by atoms with Gasteiger partial charge in [-0.15, -0.1) is 0 Å². The third kappa shape index (κ3) is 1.48. The average molecular weight is 171 g/mol. The van der Waals surface area contributed by atoms with Crippen LogP contribution in [0.25, 0.3) is 0 Å². The highest BCUT2D eigenvalue weighted by Crippen LogP contribution is 2.29. The van der Waals surface area contributed by atoms with Crippen LogP contribution in [0, 0.1) is 13.8 Å². The minimum Gasteiger partial charge on any atom is -0.495 e. The summed E-state index contributed by atoms with van der Waals surface area (Å²) in [4.78, 5) is 0. The van der Waals surface area contributed by atoms with Crippen LogP contribution in [0.1, 0.15) is 11.1 Å². The molecule has 1 aromatic carbocycles. The van der Waals surface area contributed by atoms with E-state index < -0.39 is 0 Å². The Labute approximate surface area is 71.9 Å². The molecule has 1 aromatic rings. The highest BCUT2D eigenvalue weighted by Gasteiger charge is 2.04. The van der Waals surface area contributed by atoms with Gasteiger partial charge in [0, 0.05) is 0 Å². The number of hydrogen-bond donors (Lipinski definition) is 0. The van der Waals surface area contributed by atoms with Crippen LogP contribution < -0.4 is 4.74 Å². The van der Waals surface area contributed by atoms with Crippen LogP contribution >= 0.6 is 11.6 Å². The predicted molar refractivity (Wildman–Crippen MR) is 47.5 cm³/mol. The van der Waals surface area contributed by atoms with Gasteiger partial charge < -0.3 is 4.74 Å². The lowest BCUT2D eigenvalue weighted by atomic mass is 10.1. The van der Waals surface area contributed by atoms with Gasteiger partial charge in [-0.1, -0.05) is 17.7 Å². The zero-order valence-electron chi connectivity index (χ0n) is 6.94. The molecule has 0 aliphatic rings. The topological polar surface area (TPSA) is 9.23 Å². The van der Waals surface area contributed by atoms with E-state index in [0.29, 0.717) is 5.02 Å². The Kier molecular flexibility index (Phi) is 2.40.